The first-order chi connectivity index (χ1) is 13.2. The van der Waals surface area contributed by atoms with Crippen LogP contribution in [0.4, 0.5) is 0 Å². The molecule has 0 atom stereocenters. The lowest BCUT2D eigenvalue weighted by Gasteiger charge is -2.43. The monoisotopic (exact) mass is 377 g/mol. The molecule has 0 aliphatic heterocycles. The fraction of sp³-hybridized carbons (Fsp3) is 0.409. The number of carbonyl (C=O) groups is 1. The summed E-state index contributed by atoms with van der Waals surface area (Å²) in [5.41, 5.74) is 3.85. The average molecular weight is 378 g/mol. The van der Waals surface area contributed by atoms with Crippen LogP contribution in [0.1, 0.15) is 54.5 Å². The summed E-state index contributed by atoms with van der Waals surface area (Å²) in [4.78, 5) is 17.3. The number of carbonyl (C=O) groups excluding carboxylic acids is 1. The molecule has 2 aromatic rings. The predicted octanol–water partition coefficient (Wildman–Crippen LogP) is 4.12. The largest absolute Gasteiger partial charge is 0.346 e. The Balaban J connectivity index is 1.44. The second kappa shape index (κ2) is 7.74. The van der Waals surface area contributed by atoms with Gasteiger partial charge in [0.15, 0.2) is 0 Å². The number of rotatable bonds is 5. The van der Waals surface area contributed by atoms with Crippen molar-refractivity contribution in [2.24, 2.45) is 0 Å². The molecule has 2 aliphatic carbocycles. The van der Waals surface area contributed by atoms with E-state index in [9.17, 15) is 10.1 Å². The lowest BCUT2D eigenvalue weighted by Crippen LogP contribution is -2.51. The van der Waals surface area contributed by atoms with Crippen molar-refractivity contribution < 1.29 is 4.79 Å². The molecule has 1 saturated carbocycles. The highest BCUT2D eigenvalue weighted by molar-refractivity contribution is 8.00. The van der Waals surface area contributed by atoms with Gasteiger partial charge in [-0.15, -0.1) is 0 Å². The van der Waals surface area contributed by atoms with Gasteiger partial charge in [0, 0.05) is 5.69 Å². The zero-order valence-electron chi connectivity index (χ0n) is 15.3. The van der Waals surface area contributed by atoms with Crippen LogP contribution in [0, 0.1) is 11.3 Å². The van der Waals surface area contributed by atoms with Crippen LogP contribution < -0.4 is 5.32 Å². The Kier molecular flexibility index (Phi) is 5.18. The van der Waals surface area contributed by atoms with Crippen LogP contribution >= 0.6 is 11.8 Å². The van der Waals surface area contributed by atoms with E-state index in [0.717, 1.165) is 50.6 Å². The number of nitrogens with one attached hydrogen (secondary N) is 1. The summed E-state index contributed by atoms with van der Waals surface area (Å²) in [7, 11) is 0. The molecule has 5 heteroatoms. The van der Waals surface area contributed by atoms with E-state index < -0.39 is 0 Å². The van der Waals surface area contributed by atoms with Gasteiger partial charge in [0.1, 0.15) is 11.1 Å². The maximum absolute atomic E-state index is 12.6. The molecule has 4 rings (SSSR count). The van der Waals surface area contributed by atoms with Gasteiger partial charge >= 0.3 is 0 Å². The molecule has 0 unspecified atom stereocenters. The first-order valence-electron chi connectivity index (χ1n) is 9.62. The molecule has 0 bridgehead atoms. The van der Waals surface area contributed by atoms with Gasteiger partial charge in [-0.25, -0.2) is 4.98 Å². The Morgan fingerprint density at radius 3 is 2.67 bits per heavy atom. The first-order valence-corrected chi connectivity index (χ1v) is 10.6. The smallest absolute Gasteiger partial charge is 0.231 e. The van der Waals surface area contributed by atoms with Gasteiger partial charge in [0.25, 0.3) is 0 Å². The molecule has 2 aliphatic rings. The van der Waals surface area contributed by atoms with Crippen LogP contribution in [0.3, 0.4) is 0 Å². The molecule has 1 aromatic carbocycles. The molecule has 0 radical (unpaired) electrons. The molecule has 1 N–H and O–H groups in total. The second-order valence-electron chi connectivity index (χ2n) is 7.40. The molecule has 0 spiro atoms. The van der Waals surface area contributed by atoms with Gasteiger partial charge in [-0.2, -0.15) is 5.26 Å². The third-order valence-corrected chi connectivity index (χ3v) is 6.63. The van der Waals surface area contributed by atoms with Crippen molar-refractivity contribution >= 4 is 17.7 Å². The van der Waals surface area contributed by atoms with Crippen LogP contribution in [-0.4, -0.2) is 16.6 Å². The predicted molar refractivity (Wildman–Crippen MR) is 106 cm³/mol. The number of benzene rings is 1. The summed E-state index contributed by atoms with van der Waals surface area (Å²) in [6.45, 7) is 0. The number of hydrogen-bond acceptors (Lipinski definition) is 4. The van der Waals surface area contributed by atoms with Crippen molar-refractivity contribution in [1.82, 2.24) is 10.3 Å². The van der Waals surface area contributed by atoms with Gasteiger partial charge in [0.05, 0.1) is 16.9 Å². The molecular formula is C22H23N3OS. The quantitative estimate of drug-likeness (QED) is 0.796. The number of nitriles is 1. The van der Waals surface area contributed by atoms with E-state index >= 15 is 0 Å². The third kappa shape index (κ3) is 3.72. The lowest BCUT2D eigenvalue weighted by molar-refractivity contribution is -0.121. The molecule has 1 heterocycles. The molecule has 1 amide bonds. The summed E-state index contributed by atoms with van der Waals surface area (Å²) in [6, 6.07) is 14.4. The summed E-state index contributed by atoms with van der Waals surface area (Å²) < 4.78 is 0. The first kappa shape index (κ1) is 18.1. The van der Waals surface area contributed by atoms with E-state index in [0.29, 0.717) is 10.6 Å². The van der Waals surface area contributed by atoms with Gasteiger partial charge in [-0.05, 0) is 62.1 Å². The summed E-state index contributed by atoms with van der Waals surface area (Å²) >= 11 is 1.38. The fourth-order valence-corrected chi connectivity index (χ4v) is 4.79. The van der Waals surface area contributed by atoms with Gasteiger partial charge < -0.3 is 5.32 Å². The number of aryl methyl sites for hydroxylation is 2. The molecule has 138 valence electrons. The van der Waals surface area contributed by atoms with Crippen molar-refractivity contribution in [2.45, 2.75) is 55.5 Å². The van der Waals surface area contributed by atoms with Crippen molar-refractivity contribution in [3.05, 3.63) is 58.8 Å². The van der Waals surface area contributed by atoms with E-state index in [1.165, 1.54) is 22.9 Å². The normalized spacial score (nSPS) is 17.3. The molecule has 1 aromatic heterocycles. The summed E-state index contributed by atoms with van der Waals surface area (Å²) in [6.07, 6.45) is 7.38. The van der Waals surface area contributed by atoms with Crippen molar-refractivity contribution in [1.29, 1.82) is 5.26 Å². The molecular weight excluding hydrogens is 354 g/mol. The Morgan fingerprint density at radius 2 is 1.96 bits per heavy atom. The number of aromatic nitrogens is 1. The number of thioether (sulfide) groups is 1. The van der Waals surface area contributed by atoms with Gasteiger partial charge in [-0.1, -0.05) is 42.1 Å². The number of amides is 1. The minimum absolute atomic E-state index is 0.00645. The summed E-state index contributed by atoms with van der Waals surface area (Å²) in [5.74, 6) is 0.293. The number of hydrogen-bond donors (Lipinski definition) is 1. The van der Waals surface area contributed by atoms with Gasteiger partial charge in [0.2, 0.25) is 5.91 Å². The zero-order valence-corrected chi connectivity index (χ0v) is 16.1. The van der Waals surface area contributed by atoms with Gasteiger partial charge in [-0.3, -0.25) is 4.79 Å². The highest BCUT2D eigenvalue weighted by Crippen LogP contribution is 2.41. The zero-order chi connectivity index (χ0) is 18.7. The minimum atomic E-state index is -0.222. The molecule has 1 fully saturated rings. The maximum atomic E-state index is 12.6. The Bertz CT molecular complexity index is 884. The van der Waals surface area contributed by atoms with Crippen LogP contribution in [0.5, 0.6) is 0 Å². The van der Waals surface area contributed by atoms with Crippen molar-refractivity contribution in [3.63, 3.8) is 0 Å². The van der Waals surface area contributed by atoms with Crippen LogP contribution in [0.25, 0.3) is 0 Å². The van der Waals surface area contributed by atoms with Crippen molar-refractivity contribution in [2.75, 3.05) is 5.75 Å². The Morgan fingerprint density at radius 1 is 1.19 bits per heavy atom. The van der Waals surface area contributed by atoms with Crippen LogP contribution in [-0.2, 0) is 23.2 Å². The lowest BCUT2D eigenvalue weighted by atomic mass is 9.72. The Hall–Kier alpha value is -2.32. The second-order valence-corrected chi connectivity index (χ2v) is 8.37. The SMILES string of the molecule is N#Cc1cc2c(nc1SCC(=O)NC1(c3ccccc3)CCC1)CCCC2. The topological polar surface area (TPSA) is 65.8 Å². The fourth-order valence-electron chi connectivity index (χ4n) is 4.02. The number of fused-ring (bicyclic) bond motifs is 1. The van der Waals surface area contributed by atoms with E-state index in [2.05, 4.69) is 23.5 Å². The van der Waals surface area contributed by atoms with Crippen LogP contribution in [0.15, 0.2) is 41.4 Å². The standard InChI is InChI=1S/C22H23N3OS/c23-14-17-13-16-7-4-5-10-19(16)24-21(17)27-15-20(26)25-22(11-6-12-22)18-8-2-1-3-9-18/h1-3,8-9,13H,4-7,10-12,15H2,(H,25,26). The van der Waals surface area contributed by atoms with E-state index in [1.54, 1.807) is 0 Å². The highest BCUT2D eigenvalue weighted by Gasteiger charge is 2.39. The summed E-state index contributed by atoms with van der Waals surface area (Å²) in [5, 5.41) is 13.4. The van der Waals surface area contributed by atoms with Crippen molar-refractivity contribution in [3.8, 4) is 6.07 Å². The minimum Gasteiger partial charge on any atom is -0.346 e. The number of pyridine rings is 1. The van der Waals surface area contributed by atoms with E-state index in [-0.39, 0.29) is 17.2 Å². The average Bonchev–Trinajstić information content (AvgIpc) is 2.69. The highest BCUT2D eigenvalue weighted by atomic mass is 32.2. The van der Waals surface area contributed by atoms with Crippen LogP contribution in [0.2, 0.25) is 0 Å². The third-order valence-electron chi connectivity index (χ3n) is 5.64. The molecule has 4 nitrogen and oxygen atoms in total. The maximum Gasteiger partial charge on any atom is 0.231 e. The van der Waals surface area contributed by atoms with E-state index in [4.69, 9.17) is 4.98 Å². The Labute approximate surface area is 164 Å². The molecule has 0 saturated heterocycles. The van der Waals surface area contributed by atoms with E-state index in [1.807, 2.05) is 24.3 Å². The number of nitrogens with zero attached hydrogens (tertiary/aromatic N) is 2. The molecule has 27 heavy (non-hydrogen) atoms.